The number of ether oxygens (including phenoxy) is 2. The Morgan fingerprint density at radius 2 is 2.27 bits per heavy atom. The van der Waals surface area contributed by atoms with Crippen LogP contribution in [0.25, 0.3) is 11.2 Å². The maximum Gasteiger partial charge on any atom is 0.328 e. The summed E-state index contributed by atoms with van der Waals surface area (Å²) in [5.41, 5.74) is 0.300. The normalized spacial score (nSPS) is 25.8. The molecule has 0 radical (unpaired) electrons. The van der Waals surface area contributed by atoms with Gasteiger partial charge in [-0.15, -0.1) is 0 Å². The number of imidazole rings is 1. The Morgan fingerprint density at radius 1 is 1.50 bits per heavy atom. The lowest BCUT2D eigenvalue weighted by atomic mass is 10.2. The zero-order valence-corrected chi connectivity index (χ0v) is 15.8. The third kappa shape index (κ3) is 4.05. The van der Waals surface area contributed by atoms with Crippen molar-refractivity contribution in [3.05, 3.63) is 23.0 Å². The van der Waals surface area contributed by atoms with Crippen LogP contribution in [0.2, 0.25) is 0 Å². The molecule has 0 spiro atoms. The molecule has 0 aromatic carbocycles. The minimum Gasteiger partial charge on any atom is -0.378 e. The average Bonchev–Trinajstić information content (AvgIpc) is 3.16. The number of aromatic amines is 1. The van der Waals surface area contributed by atoms with Crippen molar-refractivity contribution < 1.29 is 23.5 Å². The van der Waals surface area contributed by atoms with Crippen molar-refractivity contribution in [1.29, 1.82) is 0 Å². The molecule has 2 aromatic rings. The smallest absolute Gasteiger partial charge is 0.328 e. The third-order valence-corrected chi connectivity index (χ3v) is 5.94. The zero-order valence-electron chi connectivity index (χ0n) is 14.9. The molecule has 2 aromatic heterocycles. The Bertz CT molecular complexity index is 865. The molecular formula is C15H23N4O6P. The van der Waals surface area contributed by atoms with E-state index in [1.165, 1.54) is 12.7 Å². The number of methoxy groups -OCH3 is 1. The van der Waals surface area contributed by atoms with Gasteiger partial charge in [-0.2, -0.15) is 0 Å². The first-order chi connectivity index (χ1) is 12.3. The molecule has 0 amide bonds. The van der Waals surface area contributed by atoms with Crippen LogP contribution in [0.5, 0.6) is 0 Å². The van der Waals surface area contributed by atoms with Crippen molar-refractivity contribution in [3.63, 3.8) is 0 Å². The number of H-pyrrole nitrogens is 1. The summed E-state index contributed by atoms with van der Waals surface area (Å²) in [6.07, 6.45) is 2.06. The predicted octanol–water partition coefficient (Wildman–Crippen LogP) is 1.28. The molecule has 4 atom stereocenters. The number of rotatable bonds is 7. The summed E-state index contributed by atoms with van der Waals surface area (Å²) in [6, 6.07) is 0. The first-order valence-corrected chi connectivity index (χ1v) is 10.1. The Hall–Kier alpha value is -1.58. The second-order valence-corrected chi connectivity index (χ2v) is 8.60. The maximum atomic E-state index is 12.1. The van der Waals surface area contributed by atoms with Gasteiger partial charge in [-0.3, -0.25) is 13.9 Å². The van der Waals surface area contributed by atoms with Gasteiger partial charge < -0.3 is 23.9 Å². The summed E-state index contributed by atoms with van der Waals surface area (Å²) in [5.74, 6) is 0.0442. The van der Waals surface area contributed by atoms with Gasteiger partial charge in [-0.25, -0.2) is 9.97 Å². The standard InChI is InChI=1S/C15H23N4O6P/c1-9(2)6-26(21,22)24-5-11-10(23-3)4-12(25-11)19-8-18-13-14(19)16-7-17-15(13)20/h7-12H,4-6H2,1-3H3,(H,21,22)(H,16,17,20)/t10?,11-,12-/m1/s1. The van der Waals surface area contributed by atoms with Crippen LogP contribution in [0.1, 0.15) is 26.5 Å². The van der Waals surface area contributed by atoms with Crippen molar-refractivity contribution in [2.75, 3.05) is 19.9 Å². The Kier molecular flexibility index (Phi) is 5.59. The fraction of sp³-hybridized carbons (Fsp3) is 0.667. The van der Waals surface area contributed by atoms with Crippen molar-refractivity contribution in [2.24, 2.45) is 5.92 Å². The van der Waals surface area contributed by atoms with Gasteiger partial charge in [-0.1, -0.05) is 13.8 Å². The van der Waals surface area contributed by atoms with Crippen molar-refractivity contribution in [1.82, 2.24) is 19.5 Å². The lowest BCUT2D eigenvalue weighted by Crippen LogP contribution is -2.28. The molecule has 2 N–H and O–H groups in total. The Labute approximate surface area is 150 Å². The lowest BCUT2D eigenvalue weighted by Gasteiger charge is -2.20. The summed E-state index contributed by atoms with van der Waals surface area (Å²) < 4.78 is 30.3. The van der Waals surface area contributed by atoms with Crippen LogP contribution in [0.4, 0.5) is 0 Å². The number of nitrogens with zero attached hydrogens (tertiary/aromatic N) is 3. The second-order valence-electron chi connectivity index (χ2n) is 6.70. The SMILES string of the molecule is COC1C[C@H](n2cnc3c(=O)[nH]cnc32)O[C@@H]1COP(=O)(O)CC(C)C. The predicted molar refractivity (Wildman–Crippen MR) is 93.0 cm³/mol. The fourth-order valence-corrected chi connectivity index (χ4v) is 4.46. The van der Waals surface area contributed by atoms with Gasteiger partial charge in [0.05, 0.1) is 31.5 Å². The highest BCUT2D eigenvalue weighted by Crippen LogP contribution is 2.45. The van der Waals surface area contributed by atoms with Crippen LogP contribution in [0.3, 0.4) is 0 Å². The first kappa shape index (κ1) is 19.2. The molecule has 1 aliphatic rings. The third-order valence-electron chi connectivity index (χ3n) is 4.20. The molecule has 0 saturated carbocycles. The lowest BCUT2D eigenvalue weighted by molar-refractivity contribution is -0.0478. The monoisotopic (exact) mass is 386 g/mol. The average molecular weight is 386 g/mol. The van der Waals surface area contributed by atoms with Crippen LogP contribution in [-0.4, -0.2) is 56.5 Å². The van der Waals surface area contributed by atoms with Crippen LogP contribution >= 0.6 is 7.60 Å². The molecule has 3 heterocycles. The van der Waals surface area contributed by atoms with E-state index in [1.807, 2.05) is 13.8 Å². The van der Waals surface area contributed by atoms with Gasteiger partial charge >= 0.3 is 7.60 Å². The largest absolute Gasteiger partial charge is 0.378 e. The second kappa shape index (κ2) is 7.58. The number of fused-ring (bicyclic) bond motifs is 1. The van der Waals surface area contributed by atoms with Gasteiger partial charge in [0.1, 0.15) is 12.3 Å². The topological polar surface area (TPSA) is 129 Å². The molecule has 144 valence electrons. The van der Waals surface area contributed by atoms with Crippen molar-refractivity contribution in [2.45, 2.75) is 38.7 Å². The van der Waals surface area contributed by atoms with E-state index < -0.39 is 19.9 Å². The van der Waals surface area contributed by atoms with Crippen LogP contribution in [-0.2, 0) is 18.6 Å². The Balaban J connectivity index is 1.73. The molecule has 1 fully saturated rings. The van der Waals surface area contributed by atoms with E-state index >= 15 is 0 Å². The van der Waals surface area contributed by atoms with E-state index in [1.54, 1.807) is 11.7 Å². The first-order valence-electron chi connectivity index (χ1n) is 8.35. The fourth-order valence-electron chi connectivity index (χ4n) is 3.05. The highest BCUT2D eigenvalue weighted by atomic mass is 31.2. The summed E-state index contributed by atoms with van der Waals surface area (Å²) in [7, 11) is -2.13. The summed E-state index contributed by atoms with van der Waals surface area (Å²) in [5, 5.41) is 0. The Morgan fingerprint density at radius 3 is 2.96 bits per heavy atom. The van der Waals surface area contributed by atoms with Crippen molar-refractivity contribution in [3.8, 4) is 0 Å². The highest BCUT2D eigenvalue weighted by Gasteiger charge is 2.38. The van der Waals surface area contributed by atoms with E-state index in [0.717, 1.165) is 0 Å². The maximum absolute atomic E-state index is 12.1. The molecule has 3 rings (SSSR count). The molecule has 1 saturated heterocycles. The molecular weight excluding hydrogens is 363 g/mol. The number of hydrogen-bond donors (Lipinski definition) is 2. The molecule has 26 heavy (non-hydrogen) atoms. The molecule has 2 unspecified atom stereocenters. The molecule has 1 aliphatic heterocycles. The molecule has 0 bridgehead atoms. The van der Waals surface area contributed by atoms with Crippen molar-refractivity contribution >= 4 is 18.8 Å². The van der Waals surface area contributed by atoms with E-state index in [-0.39, 0.29) is 35.9 Å². The van der Waals surface area contributed by atoms with E-state index in [0.29, 0.717) is 12.1 Å². The van der Waals surface area contributed by atoms with Gasteiger partial charge in [0, 0.05) is 13.5 Å². The quantitative estimate of drug-likeness (QED) is 0.681. The number of aromatic nitrogens is 4. The van der Waals surface area contributed by atoms with Crippen LogP contribution in [0.15, 0.2) is 17.4 Å². The number of nitrogens with one attached hydrogen (secondary N) is 1. The summed E-state index contributed by atoms with van der Waals surface area (Å²) in [6.45, 7) is 3.65. The van der Waals surface area contributed by atoms with Gasteiger partial charge in [-0.05, 0) is 5.92 Å². The molecule has 11 heteroatoms. The van der Waals surface area contributed by atoms with E-state index in [2.05, 4.69) is 15.0 Å². The van der Waals surface area contributed by atoms with Gasteiger partial charge in [0.25, 0.3) is 5.56 Å². The highest BCUT2D eigenvalue weighted by molar-refractivity contribution is 7.52. The molecule has 10 nitrogen and oxygen atoms in total. The zero-order chi connectivity index (χ0) is 18.9. The minimum atomic E-state index is -3.68. The van der Waals surface area contributed by atoms with Crippen LogP contribution < -0.4 is 5.56 Å². The summed E-state index contributed by atoms with van der Waals surface area (Å²) >= 11 is 0. The van der Waals surface area contributed by atoms with Gasteiger partial charge in [0.15, 0.2) is 11.2 Å². The molecule has 0 aliphatic carbocycles. The summed E-state index contributed by atoms with van der Waals surface area (Å²) in [4.78, 5) is 32.4. The van der Waals surface area contributed by atoms with E-state index in [4.69, 9.17) is 14.0 Å². The van der Waals surface area contributed by atoms with Crippen LogP contribution in [0, 0.1) is 5.92 Å². The van der Waals surface area contributed by atoms with E-state index in [9.17, 15) is 14.3 Å². The number of hydrogen-bond acceptors (Lipinski definition) is 7. The minimum absolute atomic E-state index is 0.0442. The van der Waals surface area contributed by atoms with Gasteiger partial charge in [0.2, 0.25) is 0 Å².